The molecule has 0 radical (unpaired) electrons. The van der Waals surface area contributed by atoms with Crippen LogP contribution in [-0.2, 0) is 4.74 Å². The molecule has 0 spiro atoms. The van der Waals surface area contributed by atoms with Crippen LogP contribution < -0.4 is 20.5 Å². The highest BCUT2D eigenvalue weighted by Gasteiger charge is 2.21. The average Bonchev–Trinajstić information content (AvgIpc) is 2.80. The smallest absolute Gasteiger partial charge is 0.141 e. The Labute approximate surface area is 191 Å². The summed E-state index contributed by atoms with van der Waals surface area (Å²) in [6.45, 7) is 2.00. The number of aromatic nitrogens is 2. The lowest BCUT2D eigenvalue weighted by Gasteiger charge is -2.16. The van der Waals surface area contributed by atoms with Crippen molar-refractivity contribution in [3.8, 4) is 22.8 Å². The van der Waals surface area contributed by atoms with Gasteiger partial charge < -0.3 is 25.3 Å². The summed E-state index contributed by atoms with van der Waals surface area (Å²) in [5.74, 6) is 1.94. The summed E-state index contributed by atoms with van der Waals surface area (Å²) in [5.41, 5.74) is 6.87. The second-order valence-corrected chi connectivity index (χ2v) is 7.65. The fraction of sp³-hybridized carbons (Fsp3) is 0.364. The number of anilines is 2. The number of ether oxygens (including phenoxy) is 3. The van der Waals surface area contributed by atoms with E-state index in [0.29, 0.717) is 44.4 Å². The van der Waals surface area contributed by atoms with Gasteiger partial charge in [-0.05, 0) is 31.4 Å². The van der Waals surface area contributed by atoms with Crippen LogP contribution in [0.3, 0.4) is 0 Å². The Kier molecular flexibility index (Phi) is 8.01. The molecule has 1 fully saturated rings. The van der Waals surface area contributed by atoms with E-state index in [-0.39, 0.29) is 0 Å². The van der Waals surface area contributed by atoms with E-state index < -0.39 is 0 Å². The normalized spacial score (nSPS) is 13.3. The van der Waals surface area contributed by atoms with Gasteiger partial charge in [0.2, 0.25) is 0 Å². The standard InChI is InChI=1S/C17H16Cl2N4O2.C5H10O/c1-21-17-9-5-13(20)22-7-8(9)4-10(23-17)14-15(18)11(24-2)6-12(25-3)16(14)19;1-2-4-6-5-3-1/h4-7H,1-3H3,(H2,20,22)(H,21,23);1-5H2. The molecule has 9 heteroatoms. The molecule has 3 N–H and O–H groups in total. The lowest BCUT2D eigenvalue weighted by molar-refractivity contribution is 0.0968. The molecule has 0 unspecified atom stereocenters. The van der Waals surface area contributed by atoms with E-state index >= 15 is 0 Å². The third-order valence-corrected chi connectivity index (χ3v) is 5.63. The highest BCUT2D eigenvalue weighted by molar-refractivity contribution is 6.41. The number of hydrogen-bond donors (Lipinski definition) is 2. The number of rotatable bonds is 4. The second-order valence-electron chi connectivity index (χ2n) is 6.89. The van der Waals surface area contributed by atoms with Gasteiger partial charge in [0.15, 0.2) is 0 Å². The summed E-state index contributed by atoms with van der Waals surface area (Å²) >= 11 is 13.0. The molecule has 0 bridgehead atoms. The fourth-order valence-corrected chi connectivity index (χ4v) is 3.97. The molecule has 2 aromatic heterocycles. The van der Waals surface area contributed by atoms with Crippen LogP contribution in [0.15, 0.2) is 24.4 Å². The van der Waals surface area contributed by atoms with Gasteiger partial charge >= 0.3 is 0 Å². The average molecular weight is 465 g/mol. The minimum atomic E-state index is 0.352. The third kappa shape index (κ3) is 5.23. The van der Waals surface area contributed by atoms with E-state index in [2.05, 4.69) is 15.3 Å². The lowest BCUT2D eigenvalue weighted by Crippen LogP contribution is -2.03. The van der Waals surface area contributed by atoms with Crippen molar-refractivity contribution in [1.29, 1.82) is 0 Å². The highest BCUT2D eigenvalue weighted by Crippen LogP contribution is 2.46. The topological polar surface area (TPSA) is 91.5 Å². The number of benzene rings is 1. The molecule has 0 saturated carbocycles. The Balaban J connectivity index is 0.000000391. The Bertz CT molecular complexity index is 1020. The van der Waals surface area contributed by atoms with Crippen molar-refractivity contribution in [2.75, 3.05) is 45.5 Å². The van der Waals surface area contributed by atoms with Gasteiger partial charge in [-0.1, -0.05) is 23.2 Å². The summed E-state index contributed by atoms with van der Waals surface area (Å²) in [5, 5.41) is 5.46. The van der Waals surface area contributed by atoms with Crippen LogP contribution in [-0.4, -0.2) is 44.4 Å². The molecule has 1 aromatic carbocycles. The van der Waals surface area contributed by atoms with Crippen molar-refractivity contribution in [3.63, 3.8) is 0 Å². The predicted molar refractivity (Wildman–Crippen MR) is 127 cm³/mol. The second kappa shape index (κ2) is 10.7. The Morgan fingerprint density at radius 1 is 1.00 bits per heavy atom. The van der Waals surface area contributed by atoms with Gasteiger partial charge in [0.25, 0.3) is 0 Å². The third-order valence-electron chi connectivity index (χ3n) is 4.88. The predicted octanol–water partition coefficient (Wildman–Crippen LogP) is 5.43. The first-order chi connectivity index (χ1) is 15.0. The van der Waals surface area contributed by atoms with Crippen LogP contribution in [0.25, 0.3) is 22.0 Å². The molecule has 0 amide bonds. The minimum absolute atomic E-state index is 0.352. The van der Waals surface area contributed by atoms with E-state index in [1.807, 2.05) is 6.07 Å². The number of nitrogens with one attached hydrogen (secondary N) is 1. The van der Waals surface area contributed by atoms with Gasteiger partial charge in [0.05, 0.1) is 30.0 Å². The number of pyridine rings is 2. The zero-order valence-electron chi connectivity index (χ0n) is 17.8. The van der Waals surface area contributed by atoms with Crippen molar-refractivity contribution >= 4 is 45.6 Å². The number of fused-ring (bicyclic) bond motifs is 1. The van der Waals surface area contributed by atoms with Crippen molar-refractivity contribution in [1.82, 2.24) is 9.97 Å². The molecule has 7 nitrogen and oxygen atoms in total. The molecule has 0 aliphatic carbocycles. The van der Waals surface area contributed by atoms with E-state index in [4.69, 9.17) is 43.1 Å². The zero-order valence-corrected chi connectivity index (χ0v) is 19.3. The minimum Gasteiger partial charge on any atom is -0.495 e. The number of halogens is 2. The van der Waals surface area contributed by atoms with Gasteiger partial charge in [0.1, 0.15) is 23.1 Å². The van der Waals surface area contributed by atoms with Crippen LogP contribution in [0.5, 0.6) is 11.5 Å². The zero-order chi connectivity index (χ0) is 22.4. The molecule has 1 aliphatic rings. The van der Waals surface area contributed by atoms with E-state index in [1.165, 1.54) is 33.5 Å². The highest BCUT2D eigenvalue weighted by atomic mass is 35.5. The number of hydrogen-bond acceptors (Lipinski definition) is 7. The molecular formula is C22H26Cl2N4O3. The molecule has 1 saturated heterocycles. The molecule has 3 heterocycles. The summed E-state index contributed by atoms with van der Waals surface area (Å²) in [7, 11) is 4.83. The van der Waals surface area contributed by atoms with Crippen molar-refractivity contribution in [2.24, 2.45) is 0 Å². The van der Waals surface area contributed by atoms with Crippen LogP contribution in [0.4, 0.5) is 11.6 Å². The molecule has 31 heavy (non-hydrogen) atoms. The van der Waals surface area contributed by atoms with Crippen molar-refractivity contribution in [2.45, 2.75) is 19.3 Å². The molecule has 3 aromatic rings. The van der Waals surface area contributed by atoms with Crippen LogP contribution in [0, 0.1) is 0 Å². The van der Waals surface area contributed by atoms with Crippen molar-refractivity contribution in [3.05, 3.63) is 34.4 Å². The summed E-state index contributed by atoms with van der Waals surface area (Å²) in [6.07, 6.45) is 5.61. The van der Waals surface area contributed by atoms with Crippen molar-refractivity contribution < 1.29 is 14.2 Å². The maximum atomic E-state index is 6.49. The number of methoxy groups -OCH3 is 2. The number of nitrogens with zero attached hydrogens (tertiary/aromatic N) is 2. The molecule has 4 rings (SSSR count). The first-order valence-corrected chi connectivity index (χ1v) is 10.7. The van der Waals surface area contributed by atoms with Crippen LogP contribution in [0.2, 0.25) is 10.0 Å². The largest absolute Gasteiger partial charge is 0.495 e. The fourth-order valence-electron chi connectivity index (χ4n) is 3.28. The number of nitrogen functional groups attached to an aromatic ring is 1. The van der Waals surface area contributed by atoms with Crippen LogP contribution in [0.1, 0.15) is 19.3 Å². The molecule has 1 aliphatic heterocycles. The number of nitrogens with two attached hydrogens (primary N) is 1. The molecule has 166 valence electrons. The Hall–Kier alpha value is -2.48. The maximum absolute atomic E-state index is 6.49. The summed E-state index contributed by atoms with van der Waals surface area (Å²) < 4.78 is 15.7. The monoisotopic (exact) mass is 464 g/mol. The Morgan fingerprint density at radius 2 is 1.65 bits per heavy atom. The maximum Gasteiger partial charge on any atom is 0.141 e. The summed E-state index contributed by atoms with van der Waals surface area (Å²) in [6, 6.07) is 5.23. The van der Waals surface area contributed by atoms with E-state index in [0.717, 1.165) is 24.0 Å². The SMILES string of the molecule is C1CCOCC1.CNc1nc(-c2c(Cl)c(OC)cc(OC)c2Cl)cc2cnc(N)cc12. The quantitative estimate of drug-likeness (QED) is 0.531. The molecular weight excluding hydrogens is 439 g/mol. The van der Waals surface area contributed by atoms with Gasteiger partial charge in [-0.2, -0.15) is 0 Å². The first kappa shape index (κ1) is 23.2. The van der Waals surface area contributed by atoms with Gasteiger partial charge in [0, 0.05) is 48.9 Å². The van der Waals surface area contributed by atoms with E-state index in [1.54, 1.807) is 25.4 Å². The van der Waals surface area contributed by atoms with Gasteiger partial charge in [-0.25, -0.2) is 9.97 Å². The van der Waals surface area contributed by atoms with E-state index in [9.17, 15) is 0 Å². The Morgan fingerprint density at radius 3 is 2.13 bits per heavy atom. The summed E-state index contributed by atoms with van der Waals surface area (Å²) in [4.78, 5) is 8.77. The first-order valence-electron chi connectivity index (χ1n) is 9.92. The van der Waals surface area contributed by atoms with Gasteiger partial charge in [-0.3, -0.25) is 0 Å². The van der Waals surface area contributed by atoms with Crippen LogP contribution >= 0.6 is 23.2 Å². The lowest BCUT2D eigenvalue weighted by atomic mass is 10.1. The van der Waals surface area contributed by atoms with Gasteiger partial charge in [-0.15, -0.1) is 0 Å². The molecule has 0 atom stereocenters.